The van der Waals surface area contributed by atoms with E-state index in [-0.39, 0.29) is 25.2 Å². The Morgan fingerprint density at radius 2 is 1.60 bits per heavy atom. The number of amides is 1. The van der Waals surface area contributed by atoms with E-state index in [1.165, 1.54) is 22.3 Å². The van der Waals surface area contributed by atoms with Crippen LogP contribution < -0.4 is 5.32 Å². The summed E-state index contributed by atoms with van der Waals surface area (Å²) in [7, 11) is 0. The van der Waals surface area contributed by atoms with Crippen LogP contribution in [0.1, 0.15) is 69.9 Å². The Labute approximate surface area is 208 Å². The highest BCUT2D eigenvalue weighted by molar-refractivity contribution is 5.79. The van der Waals surface area contributed by atoms with Crippen molar-refractivity contribution in [1.82, 2.24) is 5.32 Å². The zero-order valence-electron chi connectivity index (χ0n) is 21.0. The lowest BCUT2D eigenvalue weighted by Crippen LogP contribution is -2.36. The van der Waals surface area contributed by atoms with Crippen LogP contribution in [-0.2, 0) is 14.3 Å². The maximum Gasteiger partial charge on any atom is 0.407 e. The van der Waals surface area contributed by atoms with Crippen molar-refractivity contribution in [1.29, 1.82) is 0 Å². The first-order valence-corrected chi connectivity index (χ1v) is 12.6. The molecule has 35 heavy (non-hydrogen) atoms. The number of carbonyl (C=O) groups excluding carboxylic acids is 1. The maximum atomic E-state index is 12.5. The molecule has 0 radical (unpaired) electrons. The third-order valence-corrected chi connectivity index (χ3v) is 6.33. The molecule has 2 aromatic rings. The van der Waals surface area contributed by atoms with E-state index in [9.17, 15) is 14.7 Å². The average Bonchev–Trinajstić information content (AvgIpc) is 3.17. The second-order valence-corrected chi connectivity index (χ2v) is 9.25. The number of nitrogens with one attached hydrogen (secondary N) is 1. The van der Waals surface area contributed by atoms with Crippen LogP contribution in [-0.4, -0.2) is 36.4 Å². The quantitative estimate of drug-likeness (QED) is 0.253. The van der Waals surface area contributed by atoms with Gasteiger partial charge in [0.2, 0.25) is 0 Å². The lowest BCUT2D eigenvalue weighted by Gasteiger charge is -2.19. The number of hydrogen-bond acceptors (Lipinski definition) is 4. The van der Waals surface area contributed by atoms with Gasteiger partial charge in [-0.2, -0.15) is 0 Å². The largest absolute Gasteiger partial charge is 0.496 e. The molecule has 0 bridgehead atoms. The molecule has 1 aliphatic carbocycles. The van der Waals surface area contributed by atoms with Crippen LogP contribution in [0.25, 0.3) is 11.1 Å². The SMILES string of the molecule is CCCCCCC(=C[C@@H](C)C(=O)O)OC[C@@H](C)NC(=O)OCC1c2ccccc2-c2ccccc21. The van der Waals surface area contributed by atoms with Gasteiger partial charge in [0.25, 0.3) is 0 Å². The van der Waals surface area contributed by atoms with Gasteiger partial charge in [0.05, 0.1) is 17.7 Å². The van der Waals surface area contributed by atoms with E-state index in [0.717, 1.165) is 25.7 Å². The molecule has 6 heteroatoms. The van der Waals surface area contributed by atoms with Crippen molar-refractivity contribution in [3.63, 3.8) is 0 Å². The number of carbonyl (C=O) groups is 2. The second kappa shape index (κ2) is 13.0. The Bertz CT molecular complexity index is 986. The molecule has 0 unspecified atom stereocenters. The monoisotopic (exact) mass is 479 g/mol. The van der Waals surface area contributed by atoms with Gasteiger partial charge in [-0.3, -0.25) is 4.79 Å². The first-order valence-electron chi connectivity index (χ1n) is 12.6. The molecule has 0 aliphatic heterocycles. The number of allylic oxidation sites excluding steroid dienone is 1. The van der Waals surface area contributed by atoms with E-state index in [4.69, 9.17) is 9.47 Å². The predicted molar refractivity (Wildman–Crippen MR) is 137 cm³/mol. The van der Waals surface area contributed by atoms with Crippen LogP contribution in [0.5, 0.6) is 0 Å². The topological polar surface area (TPSA) is 84.9 Å². The summed E-state index contributed by atoms with van der Waals surface area (Å²) in [5.41, 5.74) is 4.71. The van der Waals surface area contributed by atoms with E-state index in [2.05, 4.69) is 36.5 Å². The summed E-state index contributed by atoms with van der Waals surface area (Å²) >= 11 is 0. The maximum absolute atomic E-state index is 12.5. The van der Waals surface area contributed by atoms with Crippen LogP contribution in [0.2, 0.25) is 0 Å². The Balaban J connectivity index is 1.51. The summed E-state index contributed by atoms with van der Waals surface area (Å²) in [6.45, 7) is 6.13. The molecule has 2 N–H and O–H groups in total. The zero-order valence-corrected chi connectivity index (χ0v) is 21.0. The molecular formula is C29H37NO5. The minimum atomic E-state index is -0.885. The number of alkyl carbamates (subject to hydrolysis) is 1. The van der Waals surface area contributed by atoms with Crippen LogP contribution >= 0.6 is 0 Å². The summed E-state index contributed by atoms with van der Waals surface area (Å²) in [6.07, 6.45) is 6.15. The smallest absolute Gasteiger partial charge is 0.407 e. The lowest BCUT2D eigenvalue weighted by molar-refractivity contribution is -0.139. The van der Waals surface area contributed by atoms with Crippen LogP contribution in [0.4, 0.5) is 4.79 Å². The molecule has 1 amide bonds. The van der Waals surface area contributed by atoms with Gasteiger partial charge >= 0.3 is 12.1 Å². The van der Waals surface area contributed by atoms with Gasteiger partial charge in [-0.05, 0) is 48.6 Å². The molecule has 0 saturated carbocycles. The predicted octanol–water partition coefficient (Wildman–Crippen LogP) is 6.51. The van der Waals surface area contributed by atoms with Crippen molar-refractivity contribution in [3.8, 4) is 11.1 Å². The van der Waals surface area contributed by atoms with Crippen molar-refractivity contribution in [3.05, 3.63) is 71.5 Å². The number of ether oxygens (including phenoxy) is 2. The van der Waals surface area contributed by atoms with Gasteiger partial charge in [-0.1, -0.05) is 74.7 Å². The highest BCUT2D eigenvalue weighted by Crippen LogP contribution is 2.44. The van der Waals surface area contributed by atoms with Crippen molar-refractivity contribution in [2.24, 2.45) is 5.92 Å². The number of aliphatic carboxylic acids is 1. The van der Waals surface area contributed by atoms with Crippen molar-refractivity contribution in [2.75, 3.05) is 13.2 Å². The number of fused-ring (bicyclic) bond motifs is 3. The summed E-state index contributed by atoms with van der Waals surface area (Å²) in [4.78, 5) is 23.8. The Morgan fingerprint density at radius 1 is 0.971 bits per heavy atom. The van der Waals surface area contributed by atoms with Gasteiger partial charge in [-0.25, -0.2) is 4.79 Å². The van der Waals surface area contributed by atoms with Crippen molar-refractivity contribution in [2.45, 2.75) is 64.8 Å². The molecule has 0 heterocycles. The number of unbranched alkanes of at least 4 members (excludes halogenated alkanes) is 3. The van der Waals surface area contributed by atoms with Gasteiger partial charge in [-0.15, -0.1) is 0 Å². The standard InChI is InChI=1S/C29H37NO5/c1-4-5-6-7-12-22(17-20(2)28(31)32)34-18-21(3)30-29(33)35-19-27-25-15-10-8-13-23(25)24-14-9-11-16-26(24)27/h8-11,13-17,20-21,27H,4-7,12,18-19H2,1-3H3,(H,30,33)(H,31,32)/t20-,21-/m1/s1. The number of rotatable bonds is 13. The van der Waals surface area contributed by atoms with Gasteiger partial charge < -0.3 is 19.9 Å². The minimum absolute atomic E-state index is 0.00914. The van der Waals surface area contributed by atoms with Gasteiger partial charge in [0.15, 0.2) is 0 Å². The highest BCUT2D eigenvalue weighted by atomic mass is 16.5. The van der Waals surface area contributed by atoms with Crippen molar-refractivity contribution < 1.29 is 24.2 Å². The first kappa shape index (κ1) is 26.3. The van der Waals surface area contributed by atoms with E-state index in [1.54, 1.807) is 13.0 Å². The Morgan fingerprint density at radius 3 is 2.20 bits per heavy atom. The number of hydrogen-bond donors (Lipinski definition) is 2. The third-order valence-electron chi connectivity index (χ3n) is 6.33. The number of benzene rings is 2. The Kier molecular flexibility index (Phi) is 9.76. The zero-order chi connectivity index (χ0) is 25.2. The molecule has 0 spiro atoms. The molecule has 0 saturated heterocycles. The van der Waals surface area contributed by atoms with Gasteiger partial charge in [0.1, 0.15) is 13.2 Å². The fourth-order valence-corrected chi connectivity index (χ4v) is 4.39. The Hall–Kier alpha value is -3.28. The van der Waals surface area contributed by atoms with Crippen molar-refractivity contribution >= 4 is 12.1 Å². The molecular weight excluding hydrogens is 442 g/mol. The molecule has 188 valence electrons. The van der Waals surface area contributed by atoms with E-state index >= 15 is 0 Å². The fourth-order valence-electron chi connectivity index (χ4n) is 4.39. The molecule has 2 aromatic carbocycles. The van der Waals surface area contributed by atoms with Crippen LogP contribution in [0.15, 0.2) is 60.4 Å². The van der Waals surface area contributed by atoms with E-state index in [0.29, 0.717) is 12.2 Å². The lowest BCUT2D eigenvalue weighted by atomic mass is 9.98. The number of carboxylic acids is 1. The molecule has 2 atom stereocenters. The molecule has 1 aliphatic rings. The van der Waals surface area contributed by atoms with Crippen LogP contribution in [0.3, 0.4) is 0 Å². The molecule has 6 nitrogen and oxygen atoms in total. The average molecular weight is 480 g/mol. The van der Waals surface area contributed by atoms with Crippen LogP contribution in [0, 0.1) is 5.92 Å². The summed E-state index contributed by atoms with van der Waals surface area (Å²) < 4.78 is 11.5. The summed E-state index contributed by atoms with van der Waals surface area (Å²) in [6, 6.07) is 16.2. The molecule has 0 aromatic heterocycles. The molecule has 0 fully saturated rings. The minimum Gasteiger partial charge on any atom is -0.496 e. The second-order valence-electron chi connectivity index (χ2n) is 9.25. The summed E-state index contributed by atoms with van der Waals surface area (Å²) in [5.74, 6) is -0.835. The fraction of sp³-hybridized carbons (Fsp3) is 0.448. The normalized spacial score (nSPS) is 14.5. The summed E-state index contributed by atoms with van der Waals surface area (Å²) in [5, 5.41) is 12.1. The number of carboxylic acid groups (broad SMARTS) is 1. The van der Waals surface area contributed by atoms with E-state index in [1.807, 2.05) is 31.2 Å². The highest BCUT2D eigenvalue weighted by Gasteiger charge is 2.29. The third kappa shape index (κ3) is 7.35. The van der Waals surface area contributed by atoms with E-state index < -0.39 is 18.0 Å². The molecule has 3 rings (SSSR count). The first-order chi connectivity index (χ1) is 16.9. The van der Waals surface area contributed by atoms with Gasteiger partial charge in [0, 0.05) is 12.3 Å².